The summed E-state index contributed by atoms with van der Waals surface area (Å²) in [5, 5.41) is 3.19. The van der Waals surface area contributed by atoms with Crippen LogP contribution in [0.15, 0.2) is 187 Å². The highest BCUT2D eigenvalue weighted by atomic mass is 16.3. The standard InChI is InChI=1S/C48H30N4O/c1-2-10-33(11-3-1)48-51-43(29-44(52-48)40-15-7-19-46-47(40)41-13-4-5-18-45(41)53-46)37-27-35(32-22-20-31(21-23-32)34-12-8-24-49-30-34)26-36(28-37)38-14-6-17-42-39(38)16-9-25-50-42/h1-30H. The number of hydrogen-bond donors (Lipinski definition) is 0. The summed E-state index contributed by atoms with van der Waals surface area (Å²) in [6.07, 6.45) is 5.54. The van der Waals surface area contributed by atoms with Gasteiger partial charge in [-0.2, -0.15) is 0 Å². The maximum atomic E-state index is 6.29. The topological polar surface area (TPSA) is 64.7 Å². The quantitative estimate of drug-likeness (QED) is 0.175. The molecule has 0 aliphatic heterocycles. The van der Waals surface area contributed by atoms with E-state index in [4.69, 9.17) is 14.4 Å². The Hall–Kier alpha value is -7.24. The minimum absolute atomic E-state index is 0.657. The van der Waals surface area contributed by atoms with E-state index in [9.17, 15) is 0 Å². The van der Waals surface area contributed by atoms with Crippen LogP contribution in [0.5, 0.6) is 0 Å². The van der Waals surface area contributed by atoms with Crippen LogP contribution in [0.1, 0.15) is 0 Å². The predicted octanol–water partition coefficient (Wildman–Crippen LogP) is 12.3. The van der Waals surface area contributed by atoms with Crippen LogP contribution >= 0.6 is 0 Å². The molecule has 53 heavy (non-hydrogen) atoms. The van der Waals surface area contributed by atoms with Crippen LogP contribution in [0.2, 0.25) is 0 Å². The van der Waals surface area contributed by atoms with Gasteiger partial charge in [-0.1, -0.05) is 109 Å². The van der Waals surface area contributed by atoms with E-state index in [2.05, 4.69) is 113 Å². The minimum Gasteiger partial charge on any atom is -0.456 e. The Bertz CT molecular complexity index is 2930. The molecule has 0 saturated carbocycles. The first-order chi connectivity index (χ1) is 26.2. The molecule has 0 aliphatic carbocycles. The highest BCUT2D eigenvalue weighted by Gasteiger charge is 2.18. The first-order valence-electron chi connectivity index (χ1n) is 17.6. The molecule has 0 spiro atoms. The van der Waals surface area contributed by atoms with Crippen molar-refractivity contribution < 1.29 is 4.42 Å². The molecule has 0 radical (unpaired) electrons. The van der Waals surface area contributed by atoms with E-state index in [1.807, 2.05) is 73.1 Å². The number of nitrogens with zero attached hydrogens (tertiary/aromatic N) is 4. The SMILES string of the molecule is c1ccc(-c2nc(-c3cc(-c4ccc(-c5cccnc5)cc4)cc(-c4cccc5ncccc45)c3)cc(-c3cccc4oc5ccccc5c34)n2)cc1. The number of para-hydroxylation sites is 1. The second kappa shape index (κ2) is 12.8. The van der Waals surface area contributed by atoms with Crippen LogP contribution in [0, 0.1) is 0 Å². The van der Waals surface area contributed by atoms with Crippen molar-refractivity contribution in [2.75, 3.05) is 0 Å². The van der Waals surface area contributed by atoms with Crippen LogP contribution in [-0.2, 0) is 0 Å². The fourth-order valence-electron chi connectivity index (χ4n) is 7.28. The Labute approximate surface area is 305 Å². The highest BCUT2D eigenvalue weighted by molar-refractivity contribution is 6.12. The van der Waals surface area contributed by atoms with E-state index in [0.29, 0.717) is 5.82 Å². The molecular formula is C48H30N4O. The van der Waals surface area contributed by atoms with Gasteiger partial charge in [0.2, 0.25) is 0 Å². The second-order valence-electron chi connectivity index (χ2n) is 13.1. The third kappa shape index (κ3) is 5.61. The molecule has 10 rings (SSSR count). The van der Waals surface area contributed by atoms with Crippen molar-refractivity contribution in [2.45, 2.75) is 0 Å². The molecule has 5 heteroatoms. The lowest BCUT2D eigenvalue weighted by Crippen LogP contribution is -1.97. The molecule has 4 heterocycles. The second-order valence-corrected chi connectivity index (χ2v) is 13.1. The lowest BCUT2D eigenvalue weighted by Gasteiger charge is -2.14. The molecule has 0 amide bonds. The zero-order valence-electron chi connectivity index (χ0n) is 28.5. The van der Waals surface area contributed by atoms with Gasteiger partial charge in [-0.3, -0.25) is 9.97 Å². The number of aromatic nitrogens is 4. The number of furan rings is 1. The number of hydrogen-bond acceptors (Lipinski definition) is 5. The smallest absolute Gasteiger partial charge is 0.160 e. The van der Waals surface area contributed by atoms with E-state index >= 15 is 0 Å². The largest absolute Gasteiger partial charge is 0.456 e. The van der Waals surface area contributed by atoms with Crippen molar-refractivity contribution >= 4 is 32.8 Å². The third-order valence-corrected chi connectivity index (χ3v) is 9.84. The Morgan fingerprint density at radius 2 is 1.08 bits per heavy atom. The number of fused-ring (bicyclic) bond motifs is 4. The molecule has 0 atom stereocenters. The highest BCUT2D eigenvalue weighted by Crippen LogP contribution is 2.40. The van der Waals surface area contributed by atoms with Gasteiger partial charge in [0.15, 0.2) is 5.82 Å². The van der Waals surface area contributed by atoms with Gasteiger partial charge in [-0.15, -0.1) is 0 Å². The van der Waals surface area contributed by atoms with Gasteiger partial charge in [0.05, 0.1) is 16.9 Å². The normalized spacial score (nSPS) is 11.4. The first kappa shape index (κ1) is 30.6. The molecule has 5 nitrogen and oxygen atoms in total. The lowest BCUT2D eigenvalue weighted by molar-refractivity contribution is 0.669. The van der Waals surface area contributed by atoms with Crippen LogP contribution in [-0.4, -0.2) is 19.9 Å². The maximum Gasteiger partial charge on any atom is 0.160 e. The molecule has 0 N–H and O–H groups in total. The summed E-state index contributed by atoms with van der Waals surface area (Å²) >= 11 is 0. The van der Waals surface area contributed by atoms with Crippen molar-refractivity contribution in [2.24, 2.45) is 0 Å². The van der Waals surface area contributed by atoms with Crippen molar-refractivity contribution in [1.82, 2.24) is 19.9 Å². The molecule has 0 bridgehead atoms. The first-order valence-corrected chi connectivity index (χ1v) is 17.6. The summed E-state index contributed by atoms with van der Waals surface area (Å²) in [7, 11) is 0. The van der Waals surface area contributed by atoms with Gasteiger partial charge >= 0.3 is 0 Å². The van der Waals surface area contributed by atoms with Crippen molar-refractivity contribution in [3.05, 3.63) is 182 Å². The predicted molar refractivity (Wildman–Crippen MR) is 215 cm³/mol. The van der Waals surface area contributed by atoms with Crippen molar-refractivity contribution in [3.63, 3.8) is 0 Å². The van der Waals surface area contributed by atoms with Gasteiger partial charge in [-0.05, 0) is 88.0 Å². The Balaban J connectivity index is 1.21. The van der Waals surface area contributed by atoms with Gasteiger partial charge < -0.3 is 4.42 Å². The summed E-state index contributed by atoms with van der Waals surface area (Å²) in [6, 6.07) is 56.6. The van der Waals surface area contributed by atoms with Crippen molar-refractivity contribution in [1.29, 1.82) is 0 Å². The summed E-state index contributed by atoms with van der Waals surface area (Å²) in [5.41, 5.74) is 13.8. The molecule has 0 aliphatic rings. The Morgan fingerprint density at radius 1 is 0.396 bits per heavy atom. The average Bonchev–Trinajstić information content (AvgIpc) is 3.63. The van der Waals surface area contributed by atoms with Crippen LogP contribution < -0.4 is 0 Å². The van der Waals surface area contributed by atoms with Gasteiger partial charge in [0.1, 0.15) is 11.2 Å². The summed E-state index contributed by atoms with van der Waals surface area (Å²) in [5.74, 6) is 0.657. The van der Waals surface area contributed by atoms with E-state index in [1.165, 1.54) is 0 Å². The average molecular weight is 679 g/mol. The van der Waals surface area contributed by atoms with Crippen LogP contribution in [0.3, 0.4) is 0 Å². The molecule has 0 fully saturated rings. The maximum absolute atomic E-state index is 6.29. The minimum atomic E-state index is 0.657. The zero-order chi connectivity index (χ0) is 35.1. The van der Waals surface area contributed by atoms with E-state index in [-0.39, 0.29) is 0 Å². The molecular weight excluding hydrogens is 649 g/mol. The van der Waals surface area contributed by atoms with E-state index in [1.54, 1.807) is 6.20 Å². The van der Waals surface area contributed by atoms with E-state index < -0.39 is 0 Å². The number of benzene rings is 6. The van der Waals surface area contributed by atoms with Crippen LogP contribution in [0.4, 0.5) is 0 Å². The number of rotatable bonds is 6. The Morgan fingerprint density at radius 3 is 1.94 bits per heavy atom. The monoisotopic (exact) mass is 678 g/mol. The fraction of sp³-hybridized carbons (Fsp3) is 0. The summed E-state index contributed by atoms with van der Waals surface area (Å²) < 4.78 is 6.29. The zero-order valence-corrected chi connectivity index (χ0v) is 28.5. The fourth-order valence-corrected chi connectivity index (χ4v) is 7.28. The van der Waals surface area contributed by atoms with Crippen molar-refractivity contribution in [3.8, 4) is 67.3 Å². The van der Waals surface area contributed by atoms with E-state index in [0.717, 1.165) is 94.3 Å². The molecule has 4 aromatic heterocycles. The molecule has 6 aromatic carbocycles. The van der Waals surface area contributed by atoms with Gasteiger partial charge in [0.25, 0.3) is 0 Å². The summed E-state index contributed by atoms with van der Waals surface area (Å²) in [6.45, 7) is 0. The van der Waals surface area contributed by atoms with Crippen LogP contribution in [0.25, 0.3) is 100 Å². The summed E-state index contributed by atoms with van der Waals surface area (Å²) in [4.78, 5) is 19.5. The van der Waals surface area contributed by atoms with Gasteiger partial charge in [0, 0.05) is 51.4 Å². The molecule has 0 saturated heterocycles. The third-order valence-electron chi connectivity index (χ3n) is 9.84. The molecule has 10 aromatic rings. The van der Waals surface area contributed by atoms with Gasteiger partial charge in [-0.25, -0.2) is 9.97 Å². The Kier molecular flexibility index (Phi) is 7.40. The molecule has 0 unspecified atom stereocenters. The lowest BCUT2D eigenvalue weighted by atomic mass is 9.92. The molecule has 248 valence electrons. The number of pyridine rings is 2.